The number of halogens is 1. The molecule has 0 saturated carbocycles. The molecule has 5 heteroatoms. The van der Waals surface area contributed by atoms with Gasteiger partial charge in [-0.25, -0.2) is 0 Å². The maximum Gasteiger partial charge on any atom is 0.234 e. The Kier molecular flexibility index (Phi) is 3.11. The number of rotatable bonds is 3. The summed E-state index contributed by atoms with van der Waals surface area (Å²) >= 11 is 3.25. The zero-order valence-electron chi connectivity index (χ0n) is 8.28. The van der Waals surface area contributed by atoms with Gasteiger partial charge in [-0.2, -0.15) is 0 Å². The van der Waals surface area contributed by atoms with Gasteiger partial charge in [-0.3, -0.25) is 9.69 Å². The molecule has 1 unspecified atom stereocenters. The Labute approximate surface area is 96.5 Å². The number of hydrogen-bond donors (Lipinski definition) is 1. The van der Waals surface area contributed by atoms with Crippen LogP contribution < -0.4 is 5.73 Å². The average Bonchev–Trinajstić information content (AvgIpc) is 2.75. The van der Waals surface area contributed by atoms with Crippen molar-refractivity contribution in [3.63, 3.8) is 0 Å². The zero-order chi connectivity index (χ0) is 10.8. The Hall–Kier alpha value is -0.810. The molecule has 4 nitrogen and oxygen atoms in total. The molecule has 1 aliphatic heterocycles. The van der Waals surface area contributed by atoms with Gasteiger partial charge in [0.25, 0.3) is 0 Å². The van der Waals surface area contributed by atoms with Crippen molar-refractivity contribution in [1.29, 1.82) is 0 Å². The van der Waals surface area contributed by atoms with Gasteiger partial charge in [-0.15, -0.1) is 0 Å². The van der Waals surface area contributed by atoms with Crippen LogP contribution in [0.1, 0.15) is 18.4 Å². The first kappa shape index (κ1) is 10.7. The second-order valence-electron chi connectivity index (χ2n) is 3.79. The zero-order valence-corrected chi connectivity index (χ0v) is 9.87. The van der Waals surface area contributed by atoms with Crippen LogP contribution in [0.15, 0.2) is 21.4 Å². The van der Waals surface area contributed by atoms with Crippen LogP contribution >= 0.6 is 15.9 Å². The van der Waals surface area contributed by atoms with Crippen molar-refractivity contribution >= 4 is 21.8 Å². The summed E-state index contributed by atoms with van der Waals surface area (Å²) in [6.07, 6.45) is 3.60. The minimum atomic E-state index is -0.227. The lowest BCUT2D eigenvalue weighted by atomic mass is 10.2. The number of likely N-dealkylation sites (tertiary alicyclic amines) is 1. The lowest BCUT2D eigenvalue weighted by Gasteiger charge is -2.20. The summed E-state index contributed by atoms with van der Waals surface area (Å²) in [5, 5.41) is 0. The molecule has 0 spiro atoms. The molecule has 15 heavy (non-hydrogen) atoms. The van der Waals surface area contributed by atoms with Gasteiger partial charge in [-0.1, -0.05) is 0 Å². The highest BCUT2D eigenvalue weighted by molar-refractivity contribution is 9.10. The van der Waals surface area contributed by atoms with E-state index in [1.54, 1.807) is 6.26 Å². The van der Waals surface area contributed by atoms with E-state index in [1.165, 1.54) is 0 Å². The van der Waals surface area contributed by atoms with E-state index in [1.807, 2.05) is 6.07 Å². The van der Waals surface area contributed by atoms with Crippen molar-refractivity contribution in [2.75, 3.05) is 6.54 Å². The van der Waals surface area contributed by atoms with Gasteiger partial charge in [0.05, 0.1) is 12.3 Å². The van der Waals surface area contributed by atoms with E-state index in [4.69, 9.17) is 10.2 Å². The Morgan fingerprint density at radius 1 is 1.73 bits per heavy atom. The lowest BCUT2D eigenvalue weighted by molar-refractivity contribution is -0.122. The van der Waals surface area contributed by atoms with Gasteiger partial charge in [0.2, 0.25) is 5.91 Å². The van der Waals surface area contributed by atoms with Gasteiger partial charge in [-0.05, 0) is 41.4 Å². The lowest BCUT2D eigenvalue weighted by Crippen LogP contribution is -2.39. The number of amides is 1. The van der Waals surface area contributed by atoms with Gasteiger partial charge in [0, 0.05) is 12.1 Å². The van der Waals surface area contributed by atoms with Crippen molar-refractivity contribution in [3.05, 3.63) is 22.6 Å². The fraction of sp³-hybridized carbons (Fsp3) is 0.500. The molecule has 1 atom stereocenters. The normalized spacial score (nSPS) is 22.1. The van der Waals surface area contributed by atoms with E-state index in [2.05, 4.69) is 20.8 Å². The first-order valence-corrected chi connectivity index (χ1v) is 5.72. The monoisotopic (exact) mass is 272 g/mol. The topological polar surface area (TPSA) is 59.5 Å². The largest absolute Gasteiger partial charge is 0.457 e. The molecule has 2 rings (SSSR count). The van der Waals surface area contributed by atoms with E-state index in [0.29, 0.717) is 4.67 Å². The summed E-state index contributed by atoms with van der Waals surface area (Å²) < 4.78 is 5.86. The maximum absolute atomic E-state index is 11.2. The Balaban J connectivity index is 2.02. The van der Waals surface area contributed by atoms with Crippen LogP contribution in [-0.4, -0.2) is 23.4 Å². The molecule has 82 valence electrons. The SMILES string of the molecule is NC(=O)C1CCCN1Cc1coc(Br)c1. The molecular weight excluding hydrogens is 260 g/mol. The van der Waals surface area contributed by atoms with Crippen LogP contribution in [0.2, 0.25) is 0 Å². The number of furan rings is 1. The van der Waals surface area contributed by atoms with Crippen LogP contribution in [0.5, 0.6) is 0 Å². The number of hydrogen-bond acceptors (Lipinski definition) is 3. The molecule has 1 aromatic rings. The first-order chi connectivity index (χ1) is 7.16. The number of carbonyl (C=O) groups is 1. The van der Waals surface area contributed by atoms with E-state index >= 15 is 0 Å². The number of carbonyl (C=O) groups excluding carboxylic acids is 1. The molecule has 1 amide bonds. The highest BCUT2D eigenvalue weighted by Crippen LogP contribution is 2.22. The van der Waals surface area contributed by atoms with Crippen molar-refractivity contribution in [2.24, 2.45) is 5.73 Å². The molecule has 0 aliphatic carbocycles. The van der Waals surface area contributed by atoms with E-state index in [-0.39, 0.29) is 11.9 Å². The second kappa shape index (κ2) is 4.37. The molecule has 1 saturated heterocycles. The fourth-order valence-corrected chi connectivity index (χ4v) is 2.39. The third-order valence-corrected chi connectivity index (χ3v) is 3.12. The number of nitrogens with zero attached hydrogens (tertiary/aromatic N) is 1. The van der Waals surface area contributed by atoms with Crippen molar-refractivity contribution in [2.45, 2.75) is 25.4 Å². The molecule has 2 N–H and O–H groups in total. The van der Waals surface area contributed by atoms with Crippen molar-refractivity contribution in [1.82, 2.24) is 4.90 Å². The summed E-state index contributed by atoms with van der Waals surface area (Å²) in [4.78, 5) is 13.3. The minimum absolute atomic E-state index is 0.112. The number of primary amides is 1. The standard InChI is InChI=1S/C10H13BrN2O2/c11-9-4-7(6-15-9)5-13-3-1-2-8(13)10(12)14/h4,6,8H,1-3,5H2,(H2,12,14). The Bertz CT molecular complexity index is 364. The fourth-order valence-electron chi connectivity index (χ4n) is 2.00. The molecular formula is C10H13BrN2O2. The van der Waals surface area contributed by atoms with Gasteiger partial charge < -0.3 is 10.2 Å². The molecule has 1 fully saturated rings. The summed E-state index contributed by atoms with van der Waals surface area (Å²) in [5.74, 6) is -0.227. The predicted octanol–water partition coefficient (Wildman–Crippen LogP) is 1.49. The van der Waals surface area contributed by atoms with E-state index in [0.717, 1.165) is 31.5 Å². The summed E-state index contributed by atoms with van der Waals surface area (Å²) in [7, 11) is 0. The molecule has 0 bridgehead atoms. The maximum atomic E-state index is 11.2. The summed E-state index contributed by atoms with van der Waals surface area (Å²) in [6, 6.07) is 1.80. The van der Waals surface area contributed by atoms with Crippen molar-refractivity contribution in [3.8, 4) is 0 Å². The third kappa shape index (κ3) is 2.41. The quantitative estimate of drug-likeness (QED) is 0.907. The molecule has 0 radical (unpaired) electrons. The van der Waals surface area contributed by atoms with Crippen LogP contribution in [-0.2, 0) is 11.3 Å². The van der Waals surface area contributed by atoms with Crippen LogP contribution in [0.3, 0.4) is 0 Å². The summed E-state index contributed by atoms with van der Waals surface area (Å²) in [5.41, 5.74) is 6.40. The average molecular weight is 273 g/mol. The van der Waals surface area contributed by atoms with E-state index in [9.17, 15) is 4.79 Å². The van der Waals surface area contributed by atoms with Crippen LogP contribution in [0.4, 0.5) is 0 Å². The molecule has 1 aliphatic rings. The molecule has 0 aromatic carbocycles. The second-order valence-corrected chi connectivity index (χ2v) is 4.57. The smallest absolute Gasteiger partial charge is 0.234 e. The third-order valence-electron chi connectivity index (χ3n) is 2.70. The van der Waals surface area contributed by atoms with Gasteiger partial charge in [0.15, 0.2) is 4.67 Å². The van der Waals surface area contributed by atoms with E-state index < -0.39 is 0 Å². The predicted molar refractivity (Wildman–Crippen MR) is 59.0 cm³/mol. The highest BCUT2D eigenvalue weighted by Gasteiger charge is 2.28. The number of nitrogens with two attached hydrogens (primary N) is 1. The van der Waals surface area contributed by atoms with Crippen molar-refractivity contribution < 1.29 is 9.21 Å². The van der Waals surface area contributed by atoms with Gasteiger partial charge in [0.1, 0.15) is 0 Å². The first-order valence-electron chi connectivity index (χ1n) is 4.93. The van der Waals surface area contributed by atoms with Gasteiger partial charge >= 0.3 is 0 Å². The Morgan fingerprint density at radius 3 is 3.13 bits per heavy atom. The molecule has 2 heterocycles. The minimum Gasteiger partial charge on any atom is -0.457 e. The van der Waals surface area contributed by atoms with Crippen LogP contribution in [0, 0.1) is 0 Å². The Morgan fingerprint density at radius 2 is 2.53 bits per heavy atom. The summed E-state index contributed by atoms with van der Waals surface area (Å²) in [6.45, 7) is 1.65. The molecule has 1 aromatic heterocycles. The van der Waals surface area contributed by atoms with Crippen LogP contribution in [0.25, 0.3) is 0 Å². The highest BCUT2D eigenvalue weighted by atomic mass is 79.9.